The number of nitrogens with zero attached hydrogens (tertiary/aromatic N) is 2. The Morgan fingerprint density at radius 3 is 2.59 bits per heavy atom. The topological polar surface area (TPSA) is 132 Å². The Hall–Kier alpha value is -4.73. The highest BCUT2D eigenvalue weighted by atomic mass is 16.6. The minimum atomic E-state index is -0.591. The number of hydrogen-bond acceptors (Lipinski definition) is 7. The van der Waals surface area contributed by atoms with Gasteiger partial charge >= 0.3 is 0 Å². The lowest BCUT2D eigenvalue weighted by Crippen LogP contribution is -2.20. The highest BCUT2D eigenvalue weighted by Crippen LogP contribution is 2.27. The molecular weight excluding hydrogens is 440 g/mol. The number of nitro groups is 1. The summed E-state index contributed by atoms with van der Waals surface area (Å²) >= 11 is 0. The molecule has 0 unspecified atom stereocenters. The number of hydrogen-bond donors (Lipinski definition) is 2. The number of hydrazone groups is 1. The van der Waals surface area contributed by atoms with Gasteiger partial charge in [-0.3, -0.25) is 19.7 Å². The van der Waals surface area contributed by atoms with Crippen LogP contribution in [0.3, 0.4) is 0 Å². The summed E-state index contributed by atoms with van der Waals surface area (Å²) in [4.78, 5) is 34.6. The fourth-order valence-electron chi connectivity index (χ4n) is 2.92. The lowest BCUT2D eigenvalue weighted by atomic mass is 10.2. The predicted octanol–water partition coefficient (Wildman–Crippen LogP) is 3.69. The molecule has 34 heavy (non-hydrogen) atoms. The van der Waals surface area contributed by atoms with E-state index in [0.29, 0.717) is 22.7 Å². The number of nitrogens with one attached hydrogen (secondary N) is 2. The third kappa shape index (κ3) is 6.39. The minimum Gasteiger partial charge on any atom is -0.493 e. The van der Waals surface area contributed by atoms with Crippen molar-refractivity contribution in [1.82, 2.24) is 5.43 Å². The zero-order valence-corrected chi connectivity index (χ0v) is 18.5. The summed E-state index contributed by atoms with van der Waals surface area (Å²) in [5, 5.41) is 17.5. The number of nitro benzene ring substituents is 1. The van der Waals surface area contributed by atoms with Crippen LogP contribution >= 0.6 is 0 Å². The van der Waals surface area contributed by atoms with Crippen LogP contribution in [-0.4, -0.2) is 36.7 Å². The van der Waals surface area contributed by atoms with Crippen LogP contribution in [0.2, 0.25) is 0 Å². The molecule has 2 amide bonds. The molecule has 10 nitrogen and oxygen atoms in total. The third-order valence-corrected chi connectivity index (χ3v) is 4.66. The van der Waals surface area contributed by atoms with Gasteiger partial charge in [0.15, 0.2) is 18.1 Å². The average molecular weight is 462 g/mol. The number of amides is 2. The molecule has 0 aromatic heterocycles. The number of rotatable bonds is 9. The first-order chi connectivity index (χ1) is 16.4. The number of anilines is 1. The molecule has 0 atom stereocenters. The Labute approximate surface area is 195 Å². The number of carbonyl (C=O) groups is 2. The highest BCUT2D eigenvalue weighted by Gasteiger charge is 2.12. The van der Waals surface area contributed by atoms with Gasteiger partial charge in [-0.1, -0.05) is 24.3 Å². The second-order valence-electron chi connectivity index (χ2n) is 7.07. The maximum atomic E-state index is 12.2. The van der Waals surface area contributed by atoms with Gasteiger partial charge < -0.3 is 14.8 Å². The summed E-state index contributed by atoms with van der Waals surface area (Å²) in [7, 11) is 1.46. The molecular formula is C24H22N4O6. The molecule has 0 heterocycles. The molecule has 3 aromatic rings. The predicted molar refractivity (Wildman–Crippen MR) is 126 cm³/mol. The summed E-state index contributed by atoms with van der Waals surface area (Å²) in [5.74, 6) is -0.171. The van der Waals surface area contributed by atoms with Crippen molar-refractivity contribution in [3.05, 3.63) is 93.5 Å². The lowest BCUT2D eigenvalue weighted by Gasteiger charge is -2.12. The average Bonchev–Trinajstić information content (AvgIpc) is 2.84. The second kappa shape index (κ2) is 11.2. The molecule has 3 rings (SSSR count). The second-order valence-corrected chi connectivity index (χ2v) is 7.07. The van der Waals surface area contributed by atoms with Gasteiger partial charge in [-0.25, -0.2) is 5.43 Å². The molecule has 0 spiro atoms. The Morgan fingerprint density at radius 1 is 1.06 bits per heavy atom. The molecule has 0 radical (unpaired) electrons. The van der Waals surface area contributed by atoms with E-state index in [9.17, 15) is 19.7 Å². The van der Waals surface area contributed by atoms with Gasteiger partial charge in [-0.15, -0.1) is 0 Å². The van der Waals surface area contributed by atoms with Gasteiger partial charge in [-0.2, -0.15) is 5.10 Å². The molecule has 0 aliphatic rings. The lowest BCUT2D eigenvalue weighted by molar-refractivity contribution is -0.384. The quantitative estimate of drug-likeness (QED) is 0.283. The van der Waals surface area contributed by atoms with Crippen LogP contribution in [0.25, 0.3) is 0 Å². The van der Waals surface area contributed by atoms with Crippen molar-refractivity contribution < 1.29 is 24.0 Å². The Bertz CT molecular complexity index is 1240. The maximum Gasteiger partial charge on any atom is 0.271 e. The summed E-state index contributed by atoms with van der Waals surface area (Å²) in [5.41, 5.74) is 4.47. The van der Waals surface area contributed by atoms with E-state index in [-0.39, 0.29) is 23.8 Å². The van der Waals surface area contributed by atoms with E-state index in [1.54, 1.807) is 24.3 Å². The standard InChI is InChI=1S/C24H22N4O6/c1-16-6-3-4-9-20(16)26-23(29)15-34-21-11-10-17(12-22(21)33-2)14-25-27-24(30)18-7-5-8-19(13-18)28(31)32/h3-14H,15H2,1-2H3,(H,26,29)(H,27,30)/b25-14+. The van der Waals surface area contributed by atoms with Crippen LogP contribution in [0.1, 0.15) is 21.5 Å². The van der Waals surface area contributed by atoms with Crippen LogP contribution in [0.4, 0.5) is 11.4 Å². The summed E-state index contributed by atoms with van der Waals surface area (Å²) in [6.07, 6.45) is 1.38. The van der Waals surface area contributed by atoms with E-state index >= 15 is 0 Å². The Morgan fingerprint density at radius 2 is 1.85 bits per heavy atom. The maximum absolute atomic E-state index is 12.2. The van der Waals surface area contributed by atoms with Crippen molar-refractivity contribution in [3.8, 4) is 11.5 Å². The van der Waals surface area contributed by atoms with Crippen molar-refractivity contribution >= 4 is 29.4 Å². The van der Waals surface area contributed by atoms with E-state index in [1.165, 1.54) is 31.5 Å². The molecule has 0 fully saturated rings. The molecule has 0 saturated heterocycles. The molecule has 0 bridgehead atoms. The van der Waals surface area contributed by atoms with Crippen molar-refractivity contribution in [3.63, 3.8) is 0 Å². The third-order valence-electron chi connectivity index (χ3n) is 4.66. The SMILES string of the molecule is COc1cc(/C=N/NC(=O)c2cccc([N+](=O)[O-])c2)ccc1OCC(=O)Nc1ccccc1C. The van der Waals surface area contributed by atoms with Crippen LogP contribution in [0.15, 0.2) is 71.8 Å². The number of benzene rings is 3. The first-order valence-electron chi connectivity index (χ1n) is 10.1. The number of non-ortho nitro benzene ring substituents is 1. The van der Waals surface area contributed by atoms with Gasteiger partial charge in [0.25, 0.3) is 17.5 Å². The monoisotopic (exact) mass is 462 g/mol. The highest BCUT2D eigenvalue weighted by molar-refractivity contribution is 5.95. The summed E-state index contributed by atoms with van der Waals surface area (Å²) in [6.45, 7) is 1.68. The molecule has 2 N–H and O–H groups in total. The van der Waals surface area contributed by atoms with E-state index in [0.717, 1.165) is 11.6 Å². The largest absolute Gasteiger partial charge is 0.493 e. The van der Waals surface area contributed by atoms with Crippen molar-refractivity contribution in [2.75, 3.05) is 19.0 Å². The van der Waals surface area contributed by atoms with Gasteiger partial charge in [0.2, 0.25) is 0 Å². The van der Waals surface area contributed by atoms with Crippen molar-refractivity contribution in [2.24, 2.45) is 5.10 Å². The molecule has 0 aliphatic heterocycles. The van der Waals surface area contributed by atoms with E-state index < -0.39 is 10.8 Å². The molecule has 0 saturated carbocycles. The number of ether oxygens (including phenoxy) is 2. The fraction of sp³-hybridized carbons (Fsp3) is 0.125. The zero-order valence-electron chi connectivity index (χ0n) is 18.5. The van der Waals surface area contributed by atoms with E-state index in [4.69, 9.17) is 9.47 Å². The normalized spacial score (nSPS) is 10.5. The Kier molecular flexibility index (Phi) is 7.90. The van der Waals surface area contributed by atoms with Crippen LogP contribution in [0.5, 0.6) is 11.5 Å². The Balaban J connectivity index is 1.59. The molecule has 174 valence electrons. The van der Waals surface area contributed by atoms with Gasteiger partial charge in [-0.05, 0) is 48.4 Å². The van der Waals surface area contributed by atoms with Crippen LogP contribution in [0, 0.1) is 17.0 Å². The summed E-state index contributed by atoms with van der Waals surface area (Å²) < 4.78 is 10.9. The molecule has 10 heteroatoms. The van der Waals surface area contributed by atoms with Gasteiger partial charge in [0, 0.05) is 23.4 Å². The van der Waals surface area contributed by atoms with E-state index in [1.807, 2.05) is 25.1 Å². The number of carbonyl (C=O) groups excluding carboxylic acids is 2. The molecule has 0 aliphatic carbocycles. The smallest absolute Gasteiger partial charge is 0.271 e. The fourth-order valence-corrected chi connectivity index (χ4v) is 2.92. The van der Waals surface area contributed by atoms with E-state index in [2.05, 4.69) is 15.8 Å². The first-order valence-corrected chi connectivity index (χ1v) is 10.1. The number of aryl methyl sites for hydroxylation is 1. The van der Waals surface area contributed by atoms with Crippen molar-refractivity contribution in [2.45, 2.75) is 6.92 Å². The first kappa shape index (κ1) is 23.9. The van der Waals surface area contributed by atoms with Crippen LogP contribution in [-0.2, 0) is 4.79 Å². The minimum absolute atomic E-state index is 0.108. The number of para-hydroxylation sites is 1. The van der Waals surface area contributed by atoms with Crippen LogP contribution < -0.4 is 20.2 Å². The van der Waals surface area contributed by atoms with Gasteiger partial charge in [0.1, 0.15) is 0 Å². The molecule has 3 aromatic carbocycles. The van der Waals surface area contributed by atoms with Gasteiger partial charge in [0.05, 0.1) is 18.2 Å². The zero-order chi connectivity index (χ0) is 24.5. The summed E-state index contributed by atoms with van der Waals surface area (Å²) in [6, 6.07) is 17.6. The number of methoxy groups -OCH3 is 1. The van der Waals surface area contributed by atoms with Crippen molar-refractivity contribution in [1.29, 1.82) is 0 Å².